The molecule has 0 aliphatic heterocycles. The van der Waals surface area contributed by atoms with Gasteiger partial charge in [0, 0.05) is 25.9 Å². The Morgan fingerprint density at radius 1 is 0.941 bits per heavy atom. The maximum atomic E-state index is 13.0. The van der Waals surface area contributed by atoms with Crippen LogP contribution in [0.5, 0.6) is 0 Å². The highest BCUT2D eigenvalue weighted by atomic mass is 32.2. The third-order valence-corrected chi connectivity index (χ3v) is 7.59. The van der Waals surface area contributed by atoms with Gasteiger partial charge in [-0.3, -0.25) is 20.4 Å². The number of hydrogen-bond acceptors (Lipinski definition) is 6. The normalized spacial score (nSPS) is 11.4. The van der Waals surface area contributed by atoms with Crippen LogP contribution in [0, 0.1) is 0 Å². The van der Waals surface area contributed by atoms with Crippen molar-refractivity contribution in [2.24, 2.45) is 0 Å². The first kappa shape index (κ1) is 23.4. The maximum absolute atomic E-state index is 13.0. The molecule has 174 valence electrons. The van der Waals surface area contributed by atoms with Crippen LogP contribution in [0.2, 0.25) is 0 Å². The van der Waals surface area contributed by atoms with E-state index < -0.39 is 21.8 Å². The van der Waals surface area contributed by atoms with Crippen molar-refractivity contribution in [1.82, 2.24) is 24.9 Å². The number of sulfonamides is 1. The van der Waals surface area contributed by atoms with Crippen LogP contribution in [0.3, 0.4) is 0 Å². The van der Waals surface area contributed by atoms with Gasteiger partial charge in [0.15, 0.2) is 0 Å². The van der Waals surface area contributed by atoms with Crippen molar-refractivity contribution in [3.63, 3.8) is 0 Å². The fourth-order valence-electron chi connectivity index (χ4n) is 3.11. The van der Waals surface area contributed by atoms with E-state index in [0.717, 1.165) is 14.9 Å². The maximum Gasteiger partial charge on any atom is 0.273 e. The van der Waals surface area contributed by atoms with Gasteiger partial charge in [0.05, 0.1) is 21.0 Å². The van der Waals surface area contributed by atoms with Gasteiger partial charge in [0.1, 0.15) is 5.69 Å². The van der Waals surface area contributed by atoms with Gasteiger partial charge >= 0.3 is 0 Å². The summed E-state index contributed by atoms with van der Waals surface area (Å²) in [6.07, 6.45) is 1.59. The molecule has 2 heterocycles. The average molecular weight is 496 g/mol. The summed E-state index contributed by atoms with van der Waals surface area (Å²) in [5.41, 5.74) is 6.36. The monoisotopic (exact) mass is 495 g/mol. The molecule has 34 heavy (non-hydrogen) atoms. The van der Waals surface area contributed by atoms with Crippen molar-refractivity contribution < 1.29 is 18.0 Å². The Morgan fingerprint density at radius 2 is 1.68 bits per heavy atom. The minimum Gasteiger partial charge on any atom is -0.267 e. The summed E-state index contributed by atoms with van der Waals surface area (Å²) < 4.78 is 27.3. The van der Waals surface area contributed by atoms with E-state index in [9.17, 15) is 18.0 Å². The molecule has 0 aliphatic carbocycles. The SMILES string of the molecule is CN(C)S(=O)(=O)c1cccc(C(=O)NNC(=O)c2cn(-c3ccccc3)nc2-c2cccs2)c1. The number of hydrazine groups is 1. The van der Waals surface area contributed by atoms with Gasteiger partial charge in [-0.15, -0.1) is 11.3 Å². The summed E-state index contributed by atoms with van der Waals surface area (Å²) in [5.74, 6) is -1.21. The first-order valence-corrected chi connectivity index (χ1v) is 12.4. The molecule has 0 spiro atoms. The average Bonchev–Trinajstić information content (AvgIpc) is 3.53. The largest absolute Gasteiger partial charge is 0.273 e. The zero-order valence-corrected chi connectivity index (χ0v) is 19.9. The number of para-hydroxylation sites is 1. The van der Waals surface area contributed by atoms with Crippen molar-refractivity contribution in [3.05, 3.63) is 89.4 Å². The van der Waals surface area contributed by atoms with Crippen molar-refractivity contribution >= 4 is 33.2 Å². The second-order valence-electron chi connectivity index (χ2n) is 7.37. The van der Waals surface area contributed by atoms with E-state index in [1.807, 2.05) is 47.8 Å². The predicted molar refractivity (Wildman–Crippen MR) is 129 cm³/mol. The number of hydrogen-bond donors (Lipinski definition) is 2. The van der Waals surface area contributed by atoms with E-state index in [0.29, 0.717) is 5.69 Å². The first-order chi connectivity index (χ1) is 16.3. The van der Waals surface area contributed by atoms with Crippen LogP contribution in [0.1, 0.15) is 20.7 Å². The highest BCUT2D eigenvalue weighted by Gasteiger charge is 2.21. The topological polar surface area (TPSA) is 113 Å². The molecule has 0 bridgehead atoms. The molecule has 2 N–H and O–H groups in total. The lowest BCUT2D eigenvalue weighted by Crippen LogP contribution is -2.41. The standard InChI is InChI=1S/C23H21N5O4S2/c1-27(2)34(31,32)18-11-6-8-16(14-18)22(29)24-25-23(30)19-15-28(17-9-4-3-5-10-17)26-21(19)20-12-7-13-33-20/h3-15H,1-2H3,(H,24,29)(H,25,30). The molecule has 4 rings (SSSR count). The lowest BCUT2D eigenvalue weighted by Gasteiger charge is -2.12. The zero-order valence-electron chi connectivity index (χ0n) is 18.3. The van der Waals surface area contributed by atoms with Crippen LogP contribution >= 0.6 is 11.3 Å². The second kappa shape index (κ2) is 9.59. The minimum atomic E-state index is -3.71. The van der Waals surface area contributed by atoms with E-state index in [4.69, 9.17) is 0 Å². The quantitative estimate of drug-likeness (QED) is 0.399. The number of carbonyl (C=O) groups is 2. The molecular formula is C23H21N5O4S2. The third kappa shape index (κ3) is 4.76. The number of aromatic nitrogens is 2. The Kier molecular flexibility index (Phi) is 6.59. The third-order valence-electron chi connectivity index (χ3n) is 4.90. The highest BCUT2D eigenvalue weighted by Crippen LogP contribution is 2.27. The number of amides is 2. The van der Waals surface area contributed by atoms with Gasteiger partial charge in [0.2, 0.25) is 10.0 Å². The fourth-order valence-corrected chi connectivity index (χ4v) is 4.78. The Morgan fingerprint density at radius 3 is 2.35 bits per heavy atom. The highest BCUT2D eigenvalue weighted by molar-refractivity contribution is 7.89. The molecule has 0 atom stereocenters. The molecule has 0 saturated heterocycles. The lowest BCUT2D eigenvalue weighted by atomic mass is 10.2. The number of carbonyl (C=O) groups excluding carboxylic acids is 2. The van der Waals surface area contributed by atoms with Crippen molar-refractivity contribution in [3.8, 4) is 16.3 Å². The van der Waals surface area contributed by atoms with Gasteiger partial charge in [0.25, 0.3) is 11.8 Å². The van der Waals surface area contributed by atoms with E-state index in [2.05, 4.69) is 16.0 Å². The van der Waals surface area contributed by atoms with Crippen LogP contribution in [0.25, 0.3) is 16.3 Å². The van der Waals surface area contributed by atoms with Gasteiger partial charge in [-0.1, -0.05) is 30.3 Å². The number of rotatable bonds is 6. The van der Waals surface area contributed by atoms with Crippen LogP contribution < -0.4 is 10.9 Å². The van der Waals surface area contributed by atoms with Gasteiger partial charge in [-0.25, -0.2) is 17.4 Å². The van der Waals surface area contributed by atoms with E-state index >= 15 is 0 Å². The smallest absolute Gasteiger partial charge is 0.267 e. The van der Waals surface area contributed by atoms with Crippen LogP contribution in [-0.2, 0) is 10.0 Å². The van der Waals surface area contributed by atoms with Crippen LogP contribution in [0.15, 0.2) is 83.2 Å². The Balaban J connectivity index is 1.56. The summed E-state index contributed by atoms with van der Waals surface area (Å²) in [7, 11) is -0.894. The first-order valence-electron chi connectivity index (χ1n) is 10.1. The summed E-state index contributed by atoms with van der Waals surface area (Å²) in [6, 6.07) is 18.6. The summed E-state index contributed by atoms with van der Waals surface area (Å²) in [5, 5.41) is 6.45. The molecule has 0 saturated carbocycles. The minimum absolute atomic E-state index is 0.0272. The Bertz CT molecular complexity index is 1430. The molecule has 0 radical (unpaired) electrons. The van der Waals surface area contributed by atoms with Crippen molar-refractivity contribution in [2.45, 2.75) is 4.90 Å². The molecule has 0 unspecified atom stereocenters. The molecule has 11 heteroatoms. The lowest BCUT2D eigenvalue weighted by molar-refractivity contribution is 0.0847. The number of nitrogens with zero attached hydrogens (tertiary/aromatic N) is 3. The van der Waals surface area contributed by atoms with Gasteiger partial charge in [-0.2, -0.15) is 5.10 Å². The van der Waals surface area contributed by atoms with E-state index in [-0.39, 0.29) is 16.0 Å². The zero-order chi connectivity index (χ0) is 24.3. The van der Waals surface area contributed by atoms with E-state index in [1.165, 1.54) is 49.7 Å². The number of thiophene rings is 1. The molecule has 9 nitrogen and oxygen atoms in total. The fraction of sp³-hybridized carbons (Fsp3) is 0.0870. The predicted octanol–water partition coefficient (Wildman–Crippen LogP) is 2.93. The number of benzene rings is 2. The van der Waals surface area contributed by atoms with Gasteiger partial charge < -0.3 is 0 Å². The molecule has 0 aliphatic rings. The van der Waals surface area contributed by atoms with Crippen LogP contribution in [-0.4, -0.2) is 48.4 Å². The molecule has 2 amide bonds. The Labute approximate surface area is 200 Å². The molecule has 0 fully saturated rings. The van der Waals surface area contributed by atoms with Crippen molar-refractivity contribution in [2.75, 3.05) is 14.1 Å². The molecular weight excluding hydrogens is 474 g/mol. The van der Waals surface area contributed by atoms with Crippen molar-refractivity contribution in [1.29, 1.82) is 0 Å². The van der Waals surface area contributed by atoms with Gasteiger partial charge in [-0.05, 0) is 41.8 Å². The second-order valence-corrected chi connectivity index (χ2v) is 10.5. The summed E-state index contributed by atoms with van der Waals surface area (Å²) in [6.45, 7) is 0. The summed E-state index contributed by atoms with van der Waals surface area (Å²) in [4.78, 5) is 26.4. The molecule has 4 aromatic rings. The molecule has 2 aromatic carbocycles. The summed E-state index contributed by atoms with van der Waals surface area (Å²) >= 11 is 1.44. The Hall–Kier alpha value is -3.80. The van der Waals surface area contributed by atoms with Crippen LogP contribution in [0.4, 0.5) is 0 Å². The van der Waals surface area contributed by atoms with E-state index in [1.54, 1.807) is 10.9 Å². The molecule has 2 aromatic heterocycles. The number of nitrogens with one attached hydrogen (secondary N) is 2.